The van der Waals surface area contributed by atoms with Gasteiger partial charge in [-0.05, 0) is 34.1 Å². The highest BCUT2D eigenvalue weighted by Gasteiger charge is 2.09. The van der Waals surface area contributed by atoms with Gasteiger partial charge in [0, 0.05) is 10.7 Å². The largest absolute Gasteiger partial charge is 0.327 e. The molecule has 0 aliphatic rings. The fourth-order valence-corrected chi connectivity index (χ4v) is 1.90. The molecule has 6 heteroatoms. The summed E-state index contributed by atoms with van der Waals surface area (Å²) in [5.41, 5.74) is 0.509. The van der Waals surface area contributed by atoms with Crippen LogP contribution < -0.4 is 10.9 Å². The molecular weight excluding hydrogens is 320 g/mol. The zero-order valence-corrected chi connectivity index (χ0v) is 11.4. The van der Waals surface area contributed by atoms with Gasteiger partial charge in [-0.3, -0.25) is 9.59 Å². The second-order valence-corrected chi connectivity index (χ2v) is 4.76. The Morgan fingerprint density at radius 3 is 2.72 bits per heavy atom. The Balaban J connectivity index is 2.25. The first-order valence-electron chi connectivity index (χ1n) is 5.02. The number of halogens is 2. The summed E-state index contributed by atoms with van der Waals surface area (Å²) < 4.78 is 0.772. The van der Waals surface area contributed by atoms with E-state index >= 15 is 0 Å². The molecule has 0 aliphatic carbocycles. The van der Waals surface area contributed by atoms with E-state index in [1.54, 1.807) is 12.1 Å². The van der Waals surface area contributed by atoms with Crippen molar-refractivity contribution < 1.29 is 4.79 Å². The van der Waals surface area contributed by atoms with E-state index in [-0.39, 0.29) is 16.5 Å². The van der Waals surface area contributed by atoms with Gasteiger partial charge in [0.05, 0.1) is 11.3 Å². The van der Waals surface area contributed by atoms with Crippen LogP contribution in [0.1, 0.15) is 10.4 Å². The van der Waals surface area contributed by atoms with Crippen molar-refractivity contribution in [1.82, 2.24) is 4.98 Å². The van der Waals surface area contributed by atoms with E-state index in [4.69, 9.17) is 11.6 Å². The lowest BCUT2D eigenvalue weighted by molar-refractivity contribution is 0.102. The number of H-pyrrole nitrogens is 1. The molecule has 1 aromatic heterocycles. The average Bonchev–Trinajstić information content (AvgIpc) is 2.35. The first-order chi connectivity index (χ1) is 8.58. The summed E-state index contributed by atoms with van der Waals surface area (Å²) in [5, 5.41) is 2.69. The lowest BCUT2D eigenvalue weighted by Gasteiger charge is -2.06. The smallest absolute Gasteiger partial charge is 0.266 e. The zero-order valence-electron chi connectivity index (χ0n) is 9.04. The Bertz CT molecular complexity index is 655. The highest BCUT2D eigenvalue weighted by Crippen LogP contribution is 2.21. The van der Waals surface area contributed by atoms with E-state index in [0.29, 0.717) is 5.69 Å². The molecular formula is C12H8BrClN2O2. The predicted molar refractivity (Wildman–Crippen MR) is 74.2 cm³/mol. The van der Waals surface area contributed by atoms with E-state index in [2.05, 4.69) is 26.2 Å². The monoisotopic (exact) mass is 326 g/mol. The van der Waals surface area contributed by atoms with Crippen LogP contribution in [0.5, 0.6) is 0 Å². The van der Waals surface area contributed by atoms with Gasteiger partial charge in [-0.15, -0.1) is 0 Å². The molecule has 0 fully saturated rings. The first-order valence-corrected chi connectivity index (χ1v) is 6.19. The minimum atomic E-state index is -0.422. The number of aromatic nitrogens is 1. The standard InChI is InChI=1S/C12H8BrClN2O2/c13-8-3-1-2-4-10(8)16-11(17)7-5-9(14)12(18)15-6-7/h1-6H,(H,15,18)(H,16,17). The van der Waals surface area contributed by atoms with Crippen LogP contribution in [0.2, 0.25) is 5.02 Å². The number of carbonyl (C=O) groups is 1. The highest BCUT2D eigenvalue weighted by molar-refractivity contribution is 9.10. The van der Waals surface area contributed by atoms with Crippen LogP contribution in [0.25, 0.3) is 0 Å². The van der Waals surface area contributed by atoms with Gasteiger partial charge in [-0.1, -0.05) is 23.7 Å². The number of para-hydroxylation sites is 1. The van der Waals surface area contributed by atoms with E-state index in [1.165, 1.54) is 12.3 Å². The molecule has 2 aromatic rings. The Morgan fingerprint density at radius 1 is 1.33 bits per heavy atom. The fourth-order valence-electron chi connectivity index (χ4n) is 1.34. The molecule has 4 nitrogen and oxygen atoms in total. The lowest BCUT2D eigenvalue weighted by Crippen LogP contribution is -2.15. The number of aromatic amines is 1. The number of carbonyl (C=O) groups excluding carboxylic acids is 1. The van der Waals surface area contributed by atoms with Gasteiger partial charge in [0.1, 0.15) is 5.02 Å². The molecule has 0 saturated carbocycles. The van der Waals surface area contributed by atoms with Crippen LogP contribution in [0.4, 0.5) is 5.69 Å². The third kappa shape index (κ3) is 2.80. The van der Waals surface area contributed by atoms with Crippen LogP contribution in [0.3, 0.4) is 0 Å². The maximum Gasteiger partial charge on any atom is 0.266 e. The number of benzene rings is 1. The average molecular weight is 328 g/mol. The Labute approximate surface area is 116 Å². The van der Waals surface area contributed by atoms with Crippen molar-refractivity contribution in [2.45, 2.75) is 0 Å². The molecule has 1 amide bonds. The summed E-state index contributed by atoms with van der Waals surface area (Å²) in [4.78, 5) is 25.4. The van der Waals surface area contributed by atoms with Crippen molar-refractivity contribution in [3.05, 3.63) is 61.9 Å². The fraction of sp³-hybridized carbons (Fsp3) is 0. The molecule has 0 atom stereocenters. The summed E-state index contributed by atoms with van der Waals surface area (Å²) in [7, 11) is 0. The molecule has 92 valence electrons. The predicted octanol–water partition coefficient (Wildman–Crippen LogP) is 3.04. The SMILES string of the molecule is O=C(Nc1ccccc1Br)c1c[nH]c(=O)c(Cl)c1. The lowest BCUT2D eigenvalue weighted by atomic mass is 10.2. The van der Waals surface area contributed by atoms with Crippen molar-refractivity contribution in [1.29, 1.82) is 0 Å². The number of nitrogens with one attached hydrogen (secondary N) is 2. The Hall–Kier alpha value is -1.59. The minimum absolute atomic E-state index is 0.0187. The van der Waals surface area contributed by atoms with Gasteiger partial charge in [0.2, 0.25) is 0 Å². The van der Waals surface area contributed by atoms with Crippen molar-refractivity contribution in [2.75, 3.05) is 5.32 Å². The number of rotatable bonds is 2. The van der Waals surface area contributed by atoms with Gasteiger partial charge in [-0.2, -0.15) is 0 Å². The van der Waals surface area contributed by atoms with Gasteiger partial charge >= 0.3 is 0 Å². The van der Waals surface area contributed by atoms with Crippen molar-refractivity contribution in [3.63, 3.8) is 0 Å². The van der Waals surface area contributed by atoms with Crippen molar-refractivity contribution >= 4 is 39.1 Å². The van der Waals surface area contributed by atoms with Crippen LogP contribution in [-0.4, -0.2) is 10.9 Å². The van der Waals surface area contributed by atoms with Crippen LogP contribution >= 0.6 is 27.5 Å². The molecule has 0 radical (unpaired) electrons. The minimum Gasteiger partial charge on any atom is -0.327 e. The Kier molecular flexibility index (Phi) is 3.84. The second kappa shape index (κ2) is 5.37. The molecule has 2 N–H and O–H groups in total. The molecule has 1 heterocycles. The van der Waals surface area contributed by atoms with Crippen LogP contribution in [0, 0.1) is 0 Å². The molecule has 18 heavy (non-hydrogen) atoms. The Morgan fingerprint density at radius 2 is 2.06 bits per heavy atom. The third-order valence-electron chi connectivity index (χ3n) is 2.24. The normalized spacial score (nSPS) is 10.1. The van der Waals surface area contributed by atoms with Gasteiger partial charge in [0.15, 0.2) is 0 Å². The maximum absolute atomic E-state index is 11.9. The van der Waals surface area contributed by atoms with E-state index in [0.717, 1.165) is 4.47 Å². The van der Waals surface area contributed by atoms with Crippen molar-refractivity contribution in [2.24, 2.45) is 0 Å². The number of hydrogen-bond acceptors (Lipinski definition) is 2. The highest BCUT2D eigenvalue weighted by atomic mass is 79.9. The first kappa shape index (κ1) is 12.9. The quantitative estimate of drug-likeness (QED) is 0.890. The summed E-state index contributed by atoms with van der Waals surface area (Å²) in [5.74, 6) is -0.347. The second-order valence-electron chi connectivity index (χ2n) is 3.50. The summed E-state index contributed by atoms with van der Waals surface area (Å²) in [6, 6.07) is 8.55. The van der Waals surface area contributed by atoms with Crippen LogP contribution in [-0.2, 0) is 0 Å². The van der Waals surface area contributed by atoms with Crippen LogP contribution in [0.15, 0.2) is 45.8 Å². The van der Waals surface area contributed by atoms with E-state index in [1.807, 2.05) is 12.1 Å². The zero-order chi connectivity index (χ0) is 13.1. The van der Waals surface area contributed by atoms with Crippen molar-refractivity contribution in [3.8, 4) is 0 Å². The molecule has 1 aromatic carbocycles. The molecule has 2 rings (SSSR count). The van der Waals surface area contributed by atoms with Gasteiger partial charge in [0.25, 0.3) is 11.5 Å². The molecule has 0 spiro atoms. The summed E-state index contributed by atoms with van der Waals surface area (Å²) in [6.45, 7) is 0. The molecule has 0 saturated heterocycles. The molecule has 0 aliphatic heterocycles. The van der Waals surface area contributed by atoms with E-state index < -0.39 is 5.56 Å². The number of amides is 1. The number of pyridine rings is 1. The number of anilines is 1. The topological polar surface area (TPSA) is 62.0 Å². The summed E-state index contributed by atoms with van der Waals surface area (Å²) in [6.07, 6.45) is 1.32. The maximum atomic E-state index is 11.9. The number of hydrogen-bond donors (Lipinski definition) is 2. The molecule has 0 unspecified atom stereocenters. The third-order valence-corrected chi connectivity index (χ3v) is 3.21. The summed E-state index contributed by atoms with van der Waals surface area (Å²) >= 11 is 8.98. The molecule has 0 bridgehead atoms. The van der Waals surface area contributed by atoms with Gasteiger partial charge < -0.3 is 10.3 Å². The van der Waals surface area contributed by atoms with E-state index in [9.17, 15) is 9.59 Å². The van der Waals surface area contributed by atoms with Gasteiger partial charge in [-0.25, -0.2) is 0 Å².